The molecule has 1 unspecified atom stereocenters. The molecule has 1 aliphatic heterocycles. The maximum Gasteiger partial charge on any atom is 0.307 e. The van der Waals surface area contributed by atoms with Gasteiger partial charge in [0.15, 0.2) is 9.84 Å². The summed E-state index contributed by atoms with van der Waals surface area (Å²) in [6.07, 6.45) is 1.79. The lowest BCUT2D eigenvalue weighted by molar-refractivity contribution is -0.136. The first-order valence-corrected chi connectivity index (χ1v) is 6.26. The monoisotopic (exact) mass is 218 g/mol. The lowest BCUT2D eigenvalue weighted by Gasteiger charge is -2.23. The van der Waals surface area contributed by atoms with E-state index in [0.717, 1.165) is 6.42 Å². The molecule has 0 radical (unpaired) electrons. The molecule has 0 aliphatic carbocycles. The van der Waals surface area contributed by atoms with Gasteiger partial charge in [0.1, 0.15) is 0 Å². The largest absolute Gasteiger partial charge is 0.481 e. The number of hydrogen-bond acceptors (Lipinski definition) is 3. The molecule has 0 aromatic rings. The summed E-state index contributed by atoms with van der Waals surface area (Å²) in [6.45, 7) is 3.55. The van der Waals surface area contributed by atoms with Gasteiger partial charge in [-0.3, -0.25) is 4.79 Å². The zero-order chi connectivity index (χ0) is 10.8. The van der Waals surface area contributed by atoms with E-state index in [4.69, 9.17) is 5.11 Å². The normalized spacial score (nSPS) is 25.6. The molecule has 5 heteroatoms. The van der Waals surface area contributed by atoms with Crippen molar-refractivity contribution in [1.82, 2.24) is 0 Å². The van der Waals surface area contributed by atoms with Crippen LogP contribution in [0.2, 0.25) is 0 Å². The highest BCUT2D eigenvalue weighted by molar-refractivity contribution is 7.92. The number of carboxylic acids is 1. The number of hydrogen-bond donors (Lipinski definition) is 1. The lowest BCUT2D eigenvalue weighted by atomic mass is 10.1. The van der Waals surface area contributed by atoms with Gasteiger partial charge in [0.2, 0.25) is 0 Å². The third kappa shape index (κ3) is 2.57. The molecule has 0 amide bonds. The van der Waals surface area contributed by atoms with Crippen molar-refractivity contribution in [2.24, 2.45) is 0 Å². The summed E-state index contributed by atoms with van der Waals surface area (Å²) in [7, 11) is -3.13. The molecule has 1 rings (SSSR count). The summed E-state index contributed by atoms with van der Waals surface area (Å²) in [6, 6.07) is 0. The summed E-state index contributed by atoms with van der Waals surface area (Å²) in [5, 5.41) is 7.90. The van der Waals surface area contributed by atoms with Gasteiger partial charge in [-0.05, 0) is 18.4 Å². The van der Waals surface area contributed by atoms with Gasteiger partial charge in [-0.25, -0.2) is 8.42 Å². The standard InChI is InChI=1S/C9H14O4S/c1-7(6-9(10)11)8-4-2-3-5-14(8,12)13/h8H,1-6H2,(H,10,11). The predicted molar refractivity (Wildman–Crippen MR) is 52.8 cm³/mol. The third-order valence-corrected chi connectivity index (χ3v) is 4.71. The lowest BCUT2D eigenvalue weighted by Crippen LogP contribution is -2.30. The molecule has 0 aromatic carbocycles. The fourth-order valence-corrected chi connectivity index (χ4v) is 3.73. The maximum absolute atomic E-state index is 11.6. The van der Waals surface area contributed by atoms with Crippen LogP contribution < -0.4 is 0 Å². The van der Waals surface area contributed by atoms with Crippen molar-refractivity contribution in [3.05, 3.63) is 12.2 Å². The Morgan fingerprint density at radius 3 is 2.57 bits per heavy atom. The van der Waals surface area contributed by atoms with E-state index in [-0.39, 0.29) is 12.2 Å². The Hall–Kier alpha value is -0.840. The zero-order valence-electron chi connectivity index (χ0n) is 7.90. The van der Waals surface area contributed by atoms with Crippen LogP contribution in [0.5, 0.6) is 0 Å². The molecular formula is C9H14O4S. The Morgan fingerprint density at radius 1 is 1.43 bits per heavy atom. The van der Waals surface area contributed by atoms with Crippen LogP contribution in [0.3, 0.4) is 0 Å². The van der Waals surface area contributed by atoms with Gasteiger partial charge in [0, 0.05) is 0 Å². The van der Waals surface area contributed by atoms with Crippen LogP contribution in [0.1, 0.15) is 25.7 Å². The molecule has 14 heavy (non-hydrogen) atoms. The van der Waals surface area contributed by atoms with Gasteiger partial charge in [0.05, 0.1) is 17.4 Å². The number of sulfone groups is 1. The van der Waals surface area contributed by atoms with Gasteiger partial charge in [-0.2, -0.15) is 0 Å². The first-order chi connectivity index (χ1) is 6.43. The first kappa shape index (κ1) is 11.2. The molecule has 0 bridgehead atoms. The minimum atomic E-state index is -3.13. The van der Waals surface area contributed by atoms with E-state index in [2.05, 4.69) is 6.58 Å². The highest BCUT2D eigenvalue weighted by Gasteiger charge is 2.31. The Morgan fingerprint density at radius 2 is 2.07 bits per heavy atom. The van der Waals surface area contributed by atoms with Crippen LogP contribution in [0.25, 0.3) is 0 Å². The topological polar surface area (TPSA) is 71.4 Å². The first-order valence-electron chi connectivity index (χ1n) is 4.54. The number of aliphatic carboxylic acids is 1. The number of carbonyl (C=O) groups is 1. The zero-order valence-corrected chi connectivity index (χ0v) is 8.72. The van der Waals surface area contributed by atoms with Crippen molar-refractivity contribution >= 4 is 15.8 Å². The SMILES string of the molecule is C=C(CC(=O)O)C1CCCCS1(=O)=O. The smallest absolute Gasteiger partial charge is 0.307 e. The minimum Gasteiger partial charge on any atom is -0.481 e. The summed E-state index contributed by atoms with van der Waals surface area (Å²) < 4.78 is 23.1. The highest BCUT2D eigenvalue weighted by atomic mass is 32.2. The Kier molecular flexibility index (Phi) is 3.31. The quantitative estimate of drug-likeness (QED) is 0.717. The summed E-state index contributed by atoms with van der Waals surface area (Å²) in [5.41, 5.74) is 0.317. The summed E-state index contributed by atoms with van der Waals surface area (Å²) >= 11 is 0. The second kappa shape index (κ2) is 4.13. The molecule has 0 aromatic heterocycles. The van der Waals surface area contributed by atoms with Crippen LogP contribution in [0.15, 0.2) is 12.2 Å². The van der Waals surface area contributed by atoms with Gasteiger partial charge in [0.25, 0.3) is 0 Å². The molecular weight excluding hydrogens is 204 g/mol. The van der Waals surface area contributed by atoms with Crippen molar-refractivity contribution in [2.45, 2.75) is 30.9 Å². The molecule has 1 aliphatic rings. The summed E-state index contributed by atoms with van der Waals surface area (Å²) in [4.78, 5) is 10.4. The van der Waals surface area contributed by atoms with E-state index in [1.54, 1.807) is 0 Å². The highest BCUT2D eigenvalue weighted by Crippen LogP contribution is 2.26. The van der Waals surface area contributed by atoms with Crippen LogP contribution in [-0.4, -0.2) is 30.5 Å². The van der Waals surface area contributed by atoms with E-state index in [9.17, 15) is 13.2 Å². The fraction of sp³-hybridized carbons (Fsp3) is 0.667. The summed E-state index contributed by atoms with van der Waals surface area (Å²) in [5.74, 6) is -0.855. The Bertz CT molecular complexity index is 342. The third-order valence-electron chi connectivity index (χ3n) is 2.41. The number of rotatable bonds is 3. The van der Waals surface area contributed by atoms with Crippen LogP contribution >= 0.6 is 0 Å². The van der Waals surface area contributed by atoms with Gasteiger partial charge >= 0.3 is 5.97 Å². The van der Waals surface area contributed by atoms with E-state index in [1.807, 2.05) is 0 Å². The van der Waals surface area contributed by atoms with E-state index >= 15 is 0 Å². The maximum atomic E-state index is 11.6. The van der Waals surface area contributed by atoms with E-state index in [0.29, 0.717) is 18.4 Å². The van der Waals surface area contributed by atoms with E-state index < -0.39 is 21.1 Å². The molecule has 1 heterocycles. The van der Waals surface area contributed by atoms with Crippen LogP contribution in [0, 0.1) is 0 Å². The molecule has 1 fully saturated rings. The van der Waals surface area contributed by atoms with Crippen molar-refractivity contribution in [1.29, 1.82) is 0 Å². The predicted octanol–water partition coefficient (Wildman–Crippen LogP) is 0.985. The van der Waals surface area contributed by atoms with Gasteiger partial charge in [-0.1, -0.05) is 13.0 Å². The average molecular weight is 218 g/mol. The van der Waals surface area contributed by atoms with Crippen LogP contribution in [0.4, 0.5) is 0 Å². The second-order valence-electron chi connectivity index (χ2n) is 3.58. The van der Waals surface area contributed by atoms with Crippen molar-refractivity contribution in [2.75, 3.05) is 5.75 Å². The molecule has 0 spiro atoms. The van der Waals surface area contributed by atoms with Crippen LogP contribution in [-0.2, 0) is 14.6 Å². The van der Waals surface area contributed by atoms with Crippen molar-refractivity contribution in [3.63, 3.8) is 0 Å². The molecule has 80 valence electrons. The fourth-order valence-electron chi connectivity index (χ4n) is 1.72. The van der Waals surface area contributed by atoms with Gasteiger partial charge in [-0.15, -0.1) is 0 Å². The van der Waals surface area contributed by atoms with Gasteiger partial charge < -0.3 is 5.11 Å². The minimum absolute atomic E-state index is 0.163. The molecule has 1 N–H and O–H groups in total. The molecule has 1 saturated heterocycles. The van der Waals surface area contributed by atoms with Crippen molar-refractivity contribution < 1.29 is 18.3 Å². The Balaban J connectivity index is 2.75. The average Bonchev–Trinajstić information content (AvgIpc) is 2.01. The Labute approximate surface area is 83.5 Å². The molecule has 1 atom stereocenters. The molecule has 0 saturated carbocycles. The second-order valence-corrected chi connectivity index (χ2v) is 5.88. The van der Waals surface area contributed by atoms with E-state index in [1.165, 1.54) is 0 Å². The molecule has 4 nitrogen and oxygen atoms in total. The number of carboxylic acid groups (broad SMARTS) is 1. The van der Waals surface area contributed by atoms with Crippen molar-refractivity contribution in [3.8, 4) is 0 Å².